The standard InChI is InChI=1S/C14H19N3O2S/c1-8(2)13-15-9(3)12(20-13)10(4)17(5)14(18)11-6-7-19-16-11/h6-8,10H,1-5H3/t10-/m0/s1. The van der Waals surface area contributed by atoms with Gasteiger partial charge in [0.2, 0.25) is 0 Å². The highest BCUT2D eigenvalue weighted by Gasteiger charge is 2.24. The molecule has 2 heterocycles. The molecule has 1 amide bonds. The maximum absolute atomic E-state index is 12.3. The highest BCUT2D eigenvalue weighted by Crippen LogP contribution is 2.32. The predicted octanol–water partition coefficient (Wildman–Crippen LogP) is 3.40. The van der Waals surface area contributed by atoms with Crippen molar-refractivity contribution in [1.29, 1.82) is 0 Å². The second-order valence-electron chi connectivity index (χ2n) is 5.13. The van der Waals surface area contributed by atoms with Crippen LogP contribution < -0.4 is 0 Å². The molecule has 0 N–H and O–H groups in total. The molecule has 20 heavy (non-hydrogen) atoms. The van der Waals surface area contributed by atoms with Gasteiger partial charge >= 0.3 is 0 Å². The predicted molar refractivity (Wildman–Crippen MR) is 78.0 cm³/mol. The quantitative estimate of drug-likeness (QED) is 0.867. The molecule has 0 fully saturated rings. The van der Waals surface area contributed by atoms with Gasteiger partial charge in [-0.1, -0.05) is 19.0 Å². The lowest BCUT2D eigenvalue weighted by atomic mass is 10.2. The fourth-order valence-corrected chi connectivity index (χ4v) is 3.09. The highest BCUT2D eigenvalue weighted by molar-refractivity contribution is 7.11. The summed E-state index contributed by atoms with van der Waals surface area (Å²) < 4.78 is 4.72. The Hall–Kier alpha value is -1.69. The molecule has 108 valence electrons. The normalized spacial score (nSPS) is 12.7. The second kappa shape index (κ2) is 5.75. The van der Waals surface area contributed by atoms with E-state index in [0.29, 0.717) is 11.6 Å². The smallest absolute Gasteiger partial charge is 0.276 e. The summed E-state index contributed by atoms with van der Waals surface area (Å²) in [7, 11) is 1.77. The van der Waals surface area contributed by atoms with Crippen molar-refractivity contribution in [3.05, 3.63) is 33.6 Å². The number of aromatic nitrogens is 2. The topological polar surface area (TPSA) is 59.2 Å². The van der Waals surface area contributed by atoms with Gasteiger partial charge in [0.15, 0.2) is 5.69 Å². The summed E-state index contributed by atoms with van der Waals surface area (Å²) in [4.78, 5) is 19.6. The van der Waals surface area contributed by atoms with E-state index in [2.05, 4.69) is 24.0 Å². The Kier molecular flexibility index (Phi) is 4.23. The van der Waals surface area contributed by atoms with Crippen LogP contribution in [0.25, 0.3) is 0 Å². The van der Waals surface area contributed by atoms with E-state index in [1.165, 1.54) is 6.26 Å². The first-order valence-corrected chi connectivity index (χ1v) is 7.38. The van der Waals surface area contributed by atoms with Gasteiger partial charge in [0.1, 0.15) is 6.26 Å². The lowest BCUT2D eigenvalue weighted by molar-refractivity contribution is 0.0734. The molecule has 0 aliphatic heterocycles. The molecule has 0 saturated heterocycles. The van der Waals surface area contributed by atoms with Gasteiger partial charge in [0.25, 0.3) is 5.91 Å². The molecule has 2 aromatic rings. The third kappa shape index (κ3) is 2.75. The van der Waals surface area contributed by atoms with E-state index in [0.717, 1.165) is 15.6 Å². The number of thiazole rings is 1. The van der Waals surface area contributed by atoms with Crippen molar-refractivity contribution < 1.29 is 9.32 Å². The first-order chi connectivity index (χ1) is 9.41. The summed E-state index contributed by atoms with van der Waals surface area (Å²) in [5.41, 5.74) is 1.32. The molecule has 0 aliphatic rings. The molecule has 5 nitrogen and oxygen atoms in total. The van der Waals surface area contributed by atoms with E-state index in [1.807, 2.05) is 13.8 Å². The van der Waals surface area contributed by atoms with Gasteiger partial charge in [-0.25, -0.2) is 4.98 Å². The summed E-state index contributed by atoms with van der Waals surface area (Å²) in [5.74, 6) is 0.251. The van der Waals surface area contributed by atoms with Gasteiger partial charge in [-0.2, -0.15) is 0 Å². The minimum Gasteiger partial charge on any atom is -0.364 e. The summed E-state index contributed by atoms with van der Waals surface area (Å²) in [6.07, 6.45) is 1.40. The molecule has 6 heteroatoms. The zero-order chi connectivity index (χ0) is 14.9. The third-order valence-electron chi connectivity index (χ3n) is 3.28. The largest absolute Gasteiger partial charge is 0.364 e. The molecule has 0 radical (unpaired) electrons. The molecule has 0 saturated carbocycles. The van der Waals surface area contributed by atoms with Crippen LogP contribution in [0.4, 0.5) is 0 Å². The van der Waals surface area contributed by atoms with Crippen LogP contribution in [0.1, 0.15) is 58.8 Å². The van der Waals surface area contributed by atoms with Gasteiger partial charge in [0, 0.05) is 23.9 Å². The van der Waals surface area contributed by atoms with Crippen molar-refractivity contribution in [2.45, 2.75) is 39.7 Å². The van der Waals surface area contributed by atoms with Gasteiger partial charge < -0.3 is 9.42 Å². The van der Waals surface area contributed by atoms with Crippen molar-refractivity contribution in [2.24, 2.45) is 0 Å². The molecule has 1 atom stereocenters. The van der Waals surface area contributed by atoms with Crippen molar-refractivity contribution in [3.8, 4) is 0 Å². The lowest BCUT2D eigenvalue weighted by Crippen LogP contribution is -2.29. The third-order valence-corrected chi connectivity index (χ3v) is 4.91. The van der Waals surface area contributed by atoms with E-state index in [1.54, 1.807) is 29.4 Å². The van der Waals surface area contributed by atoms with Crippen LogP contribution in [0.3, 0.4) is 0 Å². The molecule has 0 unspecified atom stereocenters. The van der Waals surface area contributed by atoms with Gasteiger partial charge in [-0.15, -0.1) is 11.3 Å². The molecule has 0 spiro atoms. The van der Waals surface area contributed by atoms with Gasteiger partial charge in [0.05, 0.1) is 16.7 Å². The van der Waals surface area contributed by atoms with Crippen molar-refractivity contribution in [3.63, 3.8) is 0 Å². The van der Waals surface area contributed by atoms with Crippen LogP contribution in [0.15, 0.2) is 16.9 Å². The number of amides is 1. The molecule has 0 aromatic carbocycles. The van der Waals surface area contributed by atoms with Crippen LogP contribution in [0.2, 0.25) is 0 Å². The Balaban J connectivity index is 2.22. The summed E-state index contributed by atoms with van der Waals surface area (Å²) in [5, 5.41) is 4.79. The fourth-order valence-electron chi connectivity index (χ4n) is 1.92. The van der Waals surface area contributed by atoms with Crippen LogP contribution in [-0.4, -0.2) is 28.0 Å². The zero-order valence-corrected chi connectivity index (χ0v) is 13.2. The summed E-state index contributed by atoms with van der Waals surface area (Å²) >= 11 is 1.67. The molecule has 2 aromatic heterocycles. The Morgan fingerprint density at radius 1 is 1.40 bits per heavy atom. The fraction of sp³-hybridized carbons (Fsp3) is 0.500. The molecular weight excluding hydrogens is 274 g/mol. The zero-order valence-electron chi connectivity index (χ0n) is 12.4. The Labute approximate surface area is 122 Å². The van der Waals surface area contributed by atoms with Crippen LogP contribution in [0.5, 0.6) is 0 Å². The second-order valence-corrected chi connectivity index (χ2v) is 6.20. The average molecular weight is 293 g/mol. The number of nitrogens with zero attached hydrogens (tertiary/aromatic N) is 3. The SMILES string of the molecule is Cc1nc(C(C)C)sc1[C@H](C)N(C)C(=O)c1ccon1. The Morgan fingerprint density at radius 3 is 2.60 bits per heavy atom. The number of carbonyl (C=O) groups excluding carboxylic acids is 1. The number of aryl methyl sites for hydroxylation is 1. The van der Waals surface area contributed by atoms with Crippen molar-refractivity contribution in [2.75, 3.05) is 7.05 Å². The molecular formula is C14H19N3O2S. The number of carbonyl (C=O) groups is 1. The number of hydrogen-bond donors (Lipinski definition) is 0. The van der Waals surface area contributed by atoms with E-state index in [4.69, 9.17) is 4.52 Å². The molecule has 2 rings (SSSR count). The number of hydrogen-bond acceptors (Lipinski definition) is 5. The number of rotatable bonds is 4. The van der Waals surface area contributed by atoms with Crippen molar-refractivity contribution >= 4 is 17.2 Å². The van der Waals surface area contributed by atoms with Crippen molar-refractivity contribution in [1.82, 2.24) is 15.0 Å². The summed E-state index contributed by atoms with van der Waals surface area (Å²) in [6.45, 7) is 8.24. The monoisotopic (exact) mass is 293 g/mol. The minimum absolute atomic E-state index is 0.0378. The maximum atomic E-state index is 12.3. The highest BCUT2D eigenvalue weighted by atomic mass is 32.1. The van der Waals surface area contributed by atoms with E-state index in [9.17, 15) is 4.79 Å². The van der Waals surface area contributed by atoms with E-state index < -0.39 is 0 Å². The van der Waals surface area contributed by atoms with E-state index >= 15 is 0 Å². The molecule has 0 aliphatic carbocycles. The first kappa shape index (κ1) is 14.7. The van der Waals surface area contributed by atoms with Crippen LogP contribution in [-0.2, 0) is 0 Å². The lowest BCUT2D eigenvalue weighted by Gasteiger charge is -2.23. The van der Waals surface area contributed by atoms with Crippen LogP contribution in [0, 0.1) is 6.92 Å². The maximum Gasteiger partial charge on any atom is 0.276 e. The summed E-state index contributed by atoms with van der Waals surface area (Å²) in [6, 6.07) is 1.54. The Morgan fingerprint density at radius 2 is 2.10 bits per heavy atom. The first-order valence-electron chi connectivity index (χ1n) is 6.56. The van der Waals surface area contributed by atoms with E-state index in [-0.39, 0.29) is 11.9 Å². The average Bonchev–Trinajstić information content (AvgIpc) is 3.05. The van der Waals surface area contributed by atoms with Gasteiger partial charge in [-0.05, 0) is 13.8 Å². The Bertz CT molecular complexity index is 590. The van der Waals surface area contributed by atoms with Crippen LogP contribution >= 0.6 is 11.3 Å². The minimum atomic E-state index is -0.148. The molecule has 0 bridgehead atoms. The van der Waals surface area contributed by atoms with Gasteiger partial charge in [-0.3, -0.25) is 4.79 Å².